The Balaban J connectivity index is 0.000000142. The average Bonchev–Trinajstić information content (AvgIpc) is 3.63. The molecule has 0 atom stereocenters. The van der Waals surface area contributed by atoms with E-state index in [1.807, 2.05) is 18.2 Å². The second-order valence-electron chi connectivity index (χ2n) is 15.9. The van der Waals surface area contributed by atoms with Crippen LogP contribution in [-0.2, 0) is 10.8 Å². The van der Waals surface area contributed by atoms with E-state index in [0.717, 1.165) is 31.7 Å². The van der Waals surface area contributed by atoms with Crippen molar-refractivity contribution in [2.45, 2.75) is 38.5 Å². The Morgan fingerprint density at radius 2 is 0.814 bits per heavy atom. The highest BCUT2D eigenvalue weighted by Gasteiger charge is 2.36. The van der Waals surface area contributed by atoms with Crippen LogP contribution in [0.1, 0.15) is 49.9 Å². The van der Waals surface area contributed by atoms with Crippen molar-refractivity contribution in [1.82, 2.24) is 0 Å². The first kappa shape index (κ1) is 40.8. The first-order valence-electron chi connectivity index (χ1n) is 19.8. The molecule has 59 heavy (non-hydrogen) atoms. The highest BCUT2D eigenvalue weighted by atomic mass is 127. The molecule has 0 unspecified atom stereocenters. The molecule has 0 saturated heterocycles. The van der Waals surface area contributed by atoms with Gasteiger partial charge in [-0.1, -0.05) is 157 Å². The van der Waals surface area contributed by atoms with Gasteiger partial charge in [-0.15, -0.1) is 0 Å². The largest absolute Gasteiger partial charge is 0.356 e. The van der Waals surface area contributed by atoms with Crippen LogP contribution in [0, 0.1) is 3.57 Å². The lowest BCUT2D eigenvalue weighted by Crippen LogP contribution is -2.16. The lowest BCUT2D eigenvalue weighted by atomic mass is 9.82. The molecular weight excluding hydrogens is 963 g/mol. The summed E-state index contributed by atoms with van der Waals surface area (Å²) in [6.07, 6.45) is 0. The Labute approximate surface area is 379 Å². The van der Waals surface area contributed by atoms with Crippen molar-refractivity contribution < 1.29 is 0 Å². The molecule has 0 heterocycles. The van der Waals surface area contributed by atoms with Crippen LogP contribution in [0.15, 0.2) is 203 Å². The van der Waals surface area contributed by atoms with Crippen molar-refractivity contribution in [1.29, 1.82) is 0 Å². The van der Waals surface area contributed by atoms with E-state index in [-0.39, 0.29) is 10.8 Å². The van der Waals surface area contributed by atoms with Gasteiger partial charge in [-0.3, -0.25) is 0 Å². The van der Waals surface area contributed by atoms with E-state index in [0.29, 0.717) is 0 Å². The van der Waals surface area contributed by atoms with Crippen LogP contribution in [0.3, 0.4) is 0 Å². The number of para-hydroxylation sites is 2. The third-order valence-corrected chi connectivity index (χ3v) is 13.2. The highest BCUT2D eigenvalue weighted by molar-refractivity contribution is 14.1. The second-order valence-corrected chi connectivity index (χ2v) is 19.0. The number of nitrogens with zero attached hydrogens (tertiary/aromatic N) is 1. The van der Waals surface area contributed by atoms with E-state index in [1.165, 1.54) is 53.8 Å². The molecule has 292 valence electrons. The predicted octanol–water partition coefficient (Wildman–Crippen LogP) is 17.0. The van der Waals surface area contributed by atoms with Gasteiger partial charge < -0.3 is 10.2 Å². The molecule has 8 aromatic carbocycles. The zero-order valence-corrected chi connectivity index (χ0v) is 38.9. The van der Waals surface area contributed by atoms with Crippen molar-refractivity contribution in [2.75, 3.05) is 10.2 Å². The van der Waals surface area contributed by atoms with Gasteiger partial charge >= 0.3 is 0 Å². The molecule has 0 bridgehead atoms. The quantitative estimate of drug-likeness (QED) is 0.173. The molecule has 2 nitrogen and oxygen atoms in total. The van der Waals surface area contributed by atoms with E-state index >= 15 is 0 Å². The maximum Gasteiger partial charge on any atom is 0.0465 e. The Morgan fingerprint density at radius 3 is 1.37 bits per heavy atom. The summed E-state index contributed by atoms with van der Waals surface area (Å²) in [6.45, 7) is 9.27. The zero-order chi connectivity index (χ0) is 41.1. The fourth-order valence-corrected chi connectivity index (χ4v) is 9.23. The molecule has 8 aromatic rings. The molecule has 0 spiro atoms. The van der Waals surface area contributed by atoms with Crippen molar-refractivity contribution in [3.8, 4) is 22.3 Å². The van der Waals surface area contributed by atoms with Gasteiger partial charge in [-0.25, -0.2) is 0 Å². The molecule has 0 saturated carbocycles. The van der Waals surface area contributed by atoms with Crippen LogP contribution in [0.2, 0.25) is 0 Å². The fraction of sp³-hybridized carbons (Fsp3) is 0.111. The van der Waals surface area contributed by atoms with Gasteiger partial charge in [0, 0.05) is 51.8 Å². The number of rotatable bonds is 5. The molecule has 0 aliphatic heterocycles. The molecule has 2 aliphatic carbocycles. The number of nitrogens with one attached hydrogen (secondary N) is 1. The van der Waals surface area contributed by atoms with Crippen molar-refractivity contribution >= 4 is 82.9 Å². The fourth-order valence-electron chi connectivity index (χ4n) is 8.35. The summed E-state index contributed by atoms with van der Waals surface area (Å²) >= 11 is 9.18. The number of anilines is 5. The molecule has 1 N–H and O–H groups in total. The van der Waals surface area contributed by atoms with Crippen LogP contribution < -0.4 is 10.2 Å². The van der Waals surface area contributed by atoms with E-state index in [1.54, 1.807) is 0 Å². The SMILES string of the molecule is Brc1ccc(I)cc1.CC1(C)c2ccccc2-c2ccc(N(c3ccccc3)c3ccc(Br)cc3)cc21.CC1(C)c2ccccc2-c2ccc(Nc3ccccc3)cc21. The van der Waals surface area contributed by atoms with Gasteiger partial charge in [0.25, 0.3) is 0 Å². The summed E-state index contributed by atoms with van der Waals surface area (Å²) in [7, 11) is 0. The number of hydrogen-bond acceptors (Lipinski definition) is 2. The first-order valence-corrected chi connectivity index (χ1v) is 22.5. The summed E-state index contributed by atoms with van der Waals surface area (Å²) < 4.78 is 3.49. The van der Waals surface area contributed by atoms with Crippen LogP contribution in [0.4, 0.5) is 28.4 Å². The third-order valence-electron chi connectivity index (χ3n) is 11.4. The smallest absolute Gasteiger partial charge is 0.0465 e. The highest BCUT2D eigenvalue weighted by Crippen LogP contribution is 2.51. The minimum atomic E-state index is -0.00991. The first-order chi connectivity index (χ1) is 28.5. The van der Waals surface area contributed by atoms with Gasteiger partial charge in [0.15, 0.2) is 0 Å². The van der Waals surface area contributed by atoms with Crippen molar-refractivity contribution in [3.05, 3.63) is 229 Å². The molecule has 10 rings (SSSR count). The van der Waals surface area contributed by atoms with Crippen LogP contribution in [0.5, 0.6) is 0 Å². The average molecular weight is 1010 g/mol. The minimum absolute atomic E-state index is 0.00991. The third kappa shape index (κ3) is 8.57. The lowest BCUT2D eigenvalue weighted by Gasteiger charge is -2.28. The van der Waals surface area contributed by atoms with Gasteiger partial charge in [0.2, 0.25) is 0 Å². The molecular formula is C54H45Br2IN2. The summed E-state index contributed by atoms with van der Waals surface area (Å²) in [5.41, 5.74) is 16.8. The number of hydrogen-bond donors (Lipinski definition) is 1. The topological polar surface area (TPSA) is 15.3 Å². The molecule has 5 heteroatoms. The molecule has 0 radical (unpaired) electrons. The summed E-state index contributed by atoms with van der Waals surface area (Å²) in [5.74, 6) is 0. The van der Waals surface area contributed by atoms with Crippen molar-refractivity contribution in [2.24, 2.45) is 0 Å². The summed E-state index contributed by atoms with van der Waals surface area (Å²) in [6, 6.07) is 68.7. The van der Waals surface area contributed by atoms with E-state index in [9.17, 15) is 0 Å². The Hall–Kier alpha value is -4.95. The van der Waals surface area contributed by atoms with E-state index in [2.05, 4.69) is 268 Å². The van der Waals surface area contributed by atoms with E-state index < -0.39 is 0 Å². The maximum absolute atomic E-state index is 3.56. The standard InChI is InChI=1S/C27H22BrN.C21H19N.C6H4BrI/c1-27(2)25-11-7-6-10-23(25)24-17-16-22(18-26(24)27)29(20-8-4-3-5-9-20)21-14-12-19(28)13-15-21;1-21(2)19-11-7-6-10-17(19)18-13-12-16(14-20(18)21)22-15-8-4-3-5-9-15;7-5-1-3-6(8)4-2-5/h3-18H,1-2H3;3-14,22H,1-2H3;1-4H. The van der Waals surface area contributed by atoms with Gasteiger partial charge in [-0.2, -0.15) is 0 Å². The summed E-state index contributed by atoms with van der Waals surface area (Å²) in [4.78, 5) is 2.33. The van der Waals surface area contributed by atoms with Gasteiger partial charge in [-0.05, 0) is 164 Å². The molecule has 0 aromatic heterocycles. The Kier molecular flexibility index (Phi) is 12.0. The molecule has 0 amide bonds. The van der Waals surface area contributed by atoms with Crippen molar-refractivity contribution in [3.63, 3.8) is 0 Å². The number of benzene rings is 8. The van der Waals surface area contributed by atoms with Crippen LogP contribution >= 0.6 is 54.5 Å². The Morgan fingerprint density at radius 1 is 0.390 bits per heavy atom. The monoisotopic (exact) mass is 1010 g/mol. The van der Waals surface area contributed by atoms with Crippen LogP contribution in [-0.4, -0.2) is 0 Å². The maximum atomic E-state index is 3.56. The summed E-state index contributed by atoms with van der Waals surface area (Å²) in [5, 5.41) is 3.50. The van der Waals surface area contributed by atoms with Gasteiger partial charge in [0.1, 0.15) is 0 Å². The normalized spacial score (nSPS) is 13.3. The van der Waals surface area contributed by atoms with Crippen LogP contribution in [0.25, 0.3) is 22.3 Å². The van der Waals surface area contributed by atoms with E-state index in [4.69, 9.17) is 0 Å². The molecule has 2 aliphatic rings. The van der Waals surface area contributed by atoms with Gasteiger partial charge in [0.05, 0.1) is 0 Å². The number of fused-ring (bicyclic) bond motifs is 6. The zero-order valence-electron chi connectivity index (χ0n) is 33.6. The number of halogens is 3. The molecule has 0 fully saturated rings. The second kappa shape index (κ2) is 17.3. The minimum Gasteiger partial charge on any atom is -0.356 e. The predicted molar refractivity (Wildman–Crippen MR) is 267 cm³/mol. The Bertz CT molecular complexity index is 2690. The lowest BCUT2D eigenvalue weighted by molar-refractivity contribution is 0.660.